The van der Waals surface area contributed by atoms with Crippen molar-refractivity contribution in [3.8, 4) is 0 Å². The smallest absolute Gasteiger partial charge is 0.0896 e. The van der Waals surface area contributed by atoms with E-state index in [1.807, 2.05) is 35.0 Å². The number of hydrogen-bond acceptors (Lipinski definition) is 4. The Morgan fingerprint density at radius 2 is 2.24 bits per heavy atom. The second-order valence-corrected chi connectivity index (χ2v) is 5.62. The fourth-order valence-corrected chi connectivity index (χ4v) is 2.87. The van der Waals surface area contributed by atoms with Crippen LogP contribution in [0.1, 0.15) is 30.6 Å². The van der Waals surface area contributed by atoms with Gasteiger partial charge in [0, 0.05) is 62.7 Å². The van der Waals surface area contributed by atoms with Crippen molar-refractivity contribution in [1.82, 2.24) is 24.9 Å². The van der Waals surface area contributed by atoms with Crippen molar-refractivity contribution in [2.24, 2.45) is 13.0 Å². The molecule has 21 heavy (non-hydrogen) atoms. The standard InChI is InChI=1S/C15H23N5O/c1-3-20-10-12(7-18-20)6-16-8-13-4-5-21-15(13)14-9-17-19(2)11-14/h7,9-11,13,15-16H,3-6,8H2,1-2H3/t13-,15-/m1/s1. The zero-order valence-corrected chi connectivity index (χ0v) is 12.7. The molecule has 0 amide bonds. The highest BCUT2D eigenvalue weighted by Gasteiger charge is 2.30. The third-order valence-corrected chi connectivity index (χ3v) is 4.01. The lowest BCUT2D eigenvalue weighted by Crippen LogP contribution is -2.24. The molecule has 3 rings (SSSR count). The first-order valence-electron chi connectivity index (χ1n) is 7.58. The predicted octanol–water partition coefficient (Wildman–Crippen LogP) is 1.50. The summed E-state index contributed by atoms with van der Waals surface area (Å²) in [6, 6.07) is 0. The third-order valence-electron chi connectivity index (χ3n) is 4.01. The van der Waals surface area contributed by atoms with Gasteiger partial charge in [-0.15, -0.1) is 0 Å². The van der Waals surface area contributed by atoms with Crippen molar-refractivity contribution >= 4 is 0 Å². The number of nitrogens with one attached hydrogen (secondary N) is 1. The lowest BCUT2D eigenvalue weighted by Gasteiger charge is -2.17. The van der Waals surface area contributed by atoms with Crippen molar-refractivity contribution in [3.05, 3.63) is 35.9 Å². The number of rotatable bonds is 6. The first-order chi connectivity index (χ1) is 10.3. The van der Waals surface area contributed by atoms with Gasteiger partial charge in [0.05, 0.1) is 18.5 Å². The van der Waals surface area contributed by atoms with Gasteiger partial charge in [-0.3, -0.25) is 9.36 Å². The van der Waals surface area contributed by atoms with Gasteiger partial charge in [0.15, 0.2) is 0 Å². The van der Waals surface area contributed by atoms with Gasteiger partial charge in [-0.05, 0) is 13.3 Å². The summed E-state index contributed by atoms with van der Waals surface area (Å²) < 4.78 is 9.67. The van der Waals surface area contributed by atoms with Crippen LogP contribution >= 0.6 is 0 Å². The molecule has 6 heteroatoms. The van der Waals surface area contributed by atoms with Crippen LogP contribution < -0.4 is 5.32 Å². The van der Waals surface area contributed by atoms with Gasteiger partial charge in [0.25, 0.3) is 0 Å². The molecule has 0 unspecified atom stereocenters. The highest BCUT2D eigenvalue weighted by Crippen LogP contribution is 2.33. The molecule has 2 aromatic rings. The van der Waals surface area contributed by atoms with E-state index in [1.54, 1.807) is 0 Å². The van der Waals surface area contributed by atoms with Crippen LogP contribution in [-0.4, -0.2) is 32.7 Å². The Bertz CT molecular complexity index is 576. The van der Waals surface area contributed by atoms with Gasteiger partial charge in [-0.2, -0.15) is 10.2 Å². The molecule has 0 aliphatic carbocycles. The number of hydrogen-bond donors (Lipinski definition) is 1. The van der Waals surface area contributed by atoms with Gasteiger partial charge in [-0.1, -0.05) is 0 Å². The van der Waals surface area contributed by atoms with Crippen molar-refractivity contribution in [2.45, 2.75) is 32.5 Å². The monoisotopic (exact) mass is 289 g/mol. The van der Waals surface area contributed by atoms with Crippen molar-refractivity contribution in [3.63, 3.8) is 0 Å². The average Bonchev–Trinajstić information content (AvgIpc) is 3.19. The van der Waals surface area contributed by atoms with Gasteiger partial charge >= 0.3 is 0 Å². The third kappa shape index (κ3) is 3.33. The van der Waals surface area contributed by atoms with Crippen LogP contribution in [0.2, 0.25) is 0 Å². The molecular weight excluding hydrogens is 266 g/mol. The van der Waals surface area contributed by atoms with E-state index >= 15 is 0 Å². The van der Waals surface area contributed by atoms with Crippen LogP contribution in [0.15, 0.2) is 24.8 Å². The van der Waals surface area contributed by atoms with E-state index in [0.29, 0.717) is 5.92 Å². The van der Waals surface area contributed by atoms with E-state index in [1.165, 1.54) is 11.1 Å². The van der Waals surface area contributed by atoms with E-state index in [2.05, 4.69) is 28.6 Å². The van der Waals surface area contributed by atoms with Crippen LogP contribution in [0.3, 0.4) is 0 Å². The van der Waals surface area contributed by atoms with Gasteiger partial charge in [0.2, 0.25) is 0 Å². The zero-order chi connectivity index (χ0) is 14.7. The predicted molar refractivity (Wildman–Crippen MR) is 79.6 cm³/mol. The molecule has 114 valence electrons. The molecule has 0 saturated carbocycles. The number of aryl methyl sites for hydroxylation is 2. The summed E-state index contributed by atoms with van der Waals surface area (Å²) in [6.07, 6.45) is 9.25. The molecule has 0 aromatic carbocycles. The SMILES string of the molecule is CCn1cc(CNC[C@H]2CCO[C@H]2c2cnn(C)c2)cn1. The Morgan fingerprint density at radius 1 is 1.33 bits per heavy atom. The van der Waals surface area contributed by atoms with Gasteiger partial charge in [0.1, 0.15) is 0 Å². The maximum absolute atomic E-state index is 5.88. The highest BCUT2D eigenvalue weighted by atomic mass is 16.5. The normalized spacial score (nSPS) is 22.0. The number of nitrogens with zero attached hydrogens (tertiary/aromatic N) is 4. The lowest BCUT2D eigenvalue weighted by atomic mass is 9.97. The van der Waals surface area contributed by atoms with Crippen molar-refractivity contribution in [1.29, 1.82) is 0 Å². The van der Waals surface area contributed by atoms with Crippen LogP contribution in [0.25, 0.3) is 0 Å². The first kappa shape index (κ1) is 14.3. The molecular formula is C15H23N5O. The minimum Gasteiger partial charge on any atom is -0.373 e. The minimum atomic E-state index is 0.171. The average molecular weight is 289 g/mol. The minimum absolute atomic E-state index is 0.171. The Labute approximate surface area is 125 Å². The largest absolute Gasteiger partial charge is 0.373 e. The van der Waals surface area contributed by atoms with E-state index in [0.717, 1.165) is 32.7 Å². The van der Waals surface area contributed by atoms with Gasteiger partial charge < -0.3 is 10.1 Å². The summed E-state index contributed by atoms with van der Waals surface area (Å²) in [5, 5.41) is 12.1. The Morgan fingerprint density at radius 3 is 2.95 bits per heavy atom. The maximum Gasteiger partial charge on any atom is 0.0896 e. The fraction of sp³-hybridized carbons (Fsp3) is 0.600. The fourth-order valence-electron chi connectivity index (χ4n) is 2.87. The van der Waals surface area contributed by atoms with Crippen LogP contribution in [-0.2, 0) is 24.9 Å². The molecule has 0 bridgehead atoms. The quantitative estimate of drug-likeness (QED) is 0.875. The van der Waals surface area contributed by atoms with E-state index < -0.39 is 0 Å². The summed E-state index contributed by atoms with van der Waals surface area (Å²) in [6.45, 7) is 5.66. The zero-order valence-electron chi connectivity index (χ0n) is 12.7. The molecule has 6 nitrogen and oxygen atoms in total. The summed E-state index contributed by atoms with van der Waals surface area (Å²) in [5.74, 6) is 0.510. The maximum atomic E-state index is 5.88. The lowest BCUT2D eigenvalue weighted by molar-refractivity contribution is 0.0904. The molecule has 2 atom stereocenters. The van der Waals surface area contributed by atoms with Crippen molar-refractivity contribution < 1.29 is 4.74 Å². The molecule has 3 heterocycles. The molecule has 1 N–H and O–H groups in total. The first-order valence-corrected chi connectivity index (χ1v) is 7.58. The molecule has 0 spiro atoms. The highest BCUT2D eigenvalue weighted by molar-refractivity contribution is 5.11. The number of aromatic nitrogens is 4. The van der Waals surface area contributed by atoms with E-state index in [-0.39, 0.29) is 6.10 Å². The summed E-state index contributed by atoms with van der Waals surface area (Å²) >= 11 is 0. The molecule has 2 aromatic heterocycles. The second-order valence-electron chi connectivity index (χ2n) is 5.62. The molecule has 1 aliphatic rings. The summed E-state index contributed by atoms with van der Waals surface area (Å²) in [4.78, 5) is 0. The Hall–Kier alpha value is -1.66. The van der Waals surface area contributed by atoms with Crippen LogP contribution in [0.4, 0.5) is 0 Å². The van der Waals surface area contributed by atoms with Gasteiger partial charge in [-0.25, -0.2) is 0 Å². The number of ether oxygens (including phenoxy) is 1. The Balaban J connectivity index is 1.52. The molecule has 0 radical (unpaired) electrons. The molecule has 1 saturated heterocycles. The van der Waals surface area contributed by atoms with Crippen LogP contribution in [0, 0.1) is 5.92 Å². The summed E-state index contributed by atoms with van der Waals surface area (Å²) in [5.41, 5.74) is 2.41. The Kier molecular flexibility index (Phi) is 4.36. The van der Waals surface area contributed by atoms with E-state index in [4.69, 9.17) is 4.74 Å². The summed E-state index contributed by atoms with van der Waals surface area (Å²) in [7, 11) is 1.94. The van der Waals surface area contributed by atoms with E-state index in [9.17, 15) is 0 Å². The molecule has 1 fully saturated rings. The van der Waals surface area contributed by atoms with Crippen LogP contribution in [0.5, 0.6) is 0 Å². The second kappa shape index (κ2) is 6.41. The topological polar surface area (TPSA) is 56.9 Å². The van der Waals surface area contributed by atoms with Crippen molar-refractivity contribution in [2.75, 3.05) is 13.2 Å². The molecule has 1 aliphatic heterocycles.